The molecule has 8 heteroatoms. The van der Waals surface area contributed by atoms with Gasteiger partial charge in [0.05, 0.1) is 5.75 Å². The Labute approximate surface area is 115 Å². The minimum absolute atomic E-state index is 0.0428. The Kier molecular flexibility index (Phi) is 3.93. The molecule has 0 fully saturated rings. The van der Waals surface area contributed by atoms with Crippen molar-refractivity contribution in [3.8, 4) is 0 Å². The van der Waals surface area contributed by atoms with E-state index in [1.807, 2.05) is 0 Å². The van der Waals surface area contributed by atoms with Crippen LogP contribution in [0.2, 0.25) is 0 Å². The number of anilines is 2. The van der Waals surface area contributed by atoms with E-state index in [2.05, 4.69) is 15.3 Å². The zero-order valence-corrected chi connectivity index (χ0v) is 11.4. The van der Waals surface area contributed by atoms with E-state index >= 15 is 0 Å². The van der Waals surface area contributed by atoms with Crippen LogP contribution in [0.4, 0.5) is 20.4 Å². The summed E-state index contributed by atoms with van der Waals surface area (Å²) < 4.78 is 45.6. The minimum Gasteiger partial charge on any atom is -0.322 e. The van der Waals surface area contributed by atoms with Gasteiger partial charge in [0.25, 0.3) is 0 Å². The van der Waals surface area contributed by atoms with Gasteiger partial charge in [0.15, 0.2) is 11.6 Å². The maximum atomic E-state index is 13.4. The lowest BCUT2D eigenvalue weighted by Gasteiger charge is -2.08. The number of halogens is 2. The summed E-state index contributed by atoms with van der Waals surface area (Å²) in [5.74, 6) is -1.54. The van der Waals surface area contributed by atoms with Gasteiger partial charge < -0.3 is 5.32 Å². The van der Waals surface area contributed by atoms with Crippen LogP contribution in [-0.2, 0) is 15.5 Å². The van der Waals surface area contributed by atoms with Crippen LogP contribution in [0.15, 0.2) is 30.5 Å². The Bertz CT molecular complexity index is 734. The maximum Gasteiger partial charge on any atom is 0.215 e. The first-order valence-electron chi connectivity index (χ1n) is 5.59. The fraction of sp³-hybridized carbons (Fsp3) is 0.167. The van der Waals surface area contributed by atoms with Crippen LogP contribution in [0, 0.1) is 16.5 Å². The van der Waals surface area contributed by atoms with Crippen LogP contribution in [-0.4, -0.2) is 20.4 Å². The van der Waals surface area contributed by atoms with Gasteiger partial charge in [0.2, 0.25) is 5.95 Å². The predicted octanol–water partition coefficient (Wildman–Crippen LogP) is 2.67. The molecule has 0 aromatic carbocycles. The molecule has 0 aliphatic carbocycles. The third-order valence-electron chi connectivity index (χ3n) is 2.30. The van der Waals surface area contributed by atoms with E-state index in [0.29, 0.717) is 5.56 Å². The van der Waals surface area contributed by atoms with Crippen molar-refractivity contribution in [3.05, 3.63) is 47.8 Å². The van der Waals surface area contributed by atoms with E-state index in [1.54, 1.807) is 0 Å². The van der Waals surface area contributed by atoms with Crippen molar-refractivity contribution in [2.75, 3.05) is 11.6 Å². The van der Waals surface area contributed by atoms with Crippen molar-refractivity contribution in [2.24, 2.45) is 0 Å². The molecule has 1 unspecified atom stereocenters. The minimum atomic E-state index is -2.80. The molecule has 20 heavy (non-hydrogen) atoms. The second-order valence-corrected chi connectivity index (χ2v) is 6.59. The van der Waals surface area contributed by atoms with Gasteiger partial charge in [-0.2, -0.15) is 4.39 Å². The molecule has 0 spiro atoms. The summed E-state index contributed by atoms with van der Waals surface area (Å²) in [5.41, 5.74) is 0.346. The van der Waals surface area contributed by atoms with Crippen LogP contribution >= 0.6 is 0 Å². The number of nitrogens with zero attached hydrogens (tertiary/aromatic N) is 2. The summed E-state index contributed by atoms with van der Waals surface area (Å²) in [6.45, 7) is 0. The summed E-state index contributed by atoms with van der Waals surface area (Å²) in [5, 5.41) is 2.55. The Morgan fingerprint density at radius 2 is 2.15 bits per heavy atom. The zero-order chi connectivity index (χ0) is 14.8. The van der Waals surface area contributed by atoms with Crippen molar-refractivity contribution in [2.45, 2.75) is 5.75 Å². The molecule has 0 saturated heterocycles. The normalized spacial score (nSPS) is 13.8. The average Bonchev–Trinajstić information content (AvgIpc) is 2.29. The molecular formula is C12H12F2N4OS. The van der Waals surface area contributed by atoms with Gasteiger partial charge in [-0.1, -0.05) is 0 Å². The highest BCUT2D eigenvalue weighted by molar-refractivity contribution is 7.90. The summed E-state index contributed by atoms with van der Waals surface area (Å²) in [7, 11) is -2.80. The predicted molar refractivity (Wildman–Crippen MR) is 72.2 cm³/mol. The highest BCUT2D eigenvalue weighted by Gasteiger charge is 2.09. The SMILES string of the molecule is CS(=N)(=O)Cc1cc(F)nc(Nc2ncccc2F)c1. The Balaban J connectivity index is 2.31. The first-order valence-corrected chi connectivity index (χ1v) is 7.72. The van der Waals surface area contributed by atoms with Crippen LogP contribution in [0.25, 0.3) is 0 Å². The van der Waals surface area contributed by atoms with Gasteiger partial charge in [0.1, 0.15) is 5.82 Å². The molecule has 0 amide bonds. The number of aromatic nitrogens is 2. The molecule has 0 radical (unpaired) electrons. The molecule has 2 heterocycles. The van der Waals surface area contributed by atoms with Crippen LogP contribution < -0.4 is 5.32 Å². The molecule has 0 aliphatic rings. The summed E-state index contributed by atoms with van der Waals surface area (Å²) >= 11 is 0. The van der Waals surface area contributed by atoms with Gasteiger partial charge in [-0.3, -0.25) is 4.78 Å². The molecule has 0 saturated carbocycles. The Morgan fingerprint density at radius 3 is 2.80 bits per heavy atom. The average molecular weight is 298 g/mol. The lowest BCUT2D eigenvalue weighted by Crippen LogP contribution is -2.04. The van der Waals surface area contributed by atoms with Crippen molar-refractivity contribution in [1.29, 1.82) is 4.78 Å². The number of nitrogens with one attached hydrogen (secondary N) is 2. The standard InChI is InChI=1S/C12H12F2N4OS/c1-20(15,19)7-8-5-10(14)17-11(6-8)18-12-9(13)3-2-4-16-12/h2-6,15H,7H2,1H3,(H,16,17,18). The largest absolute Gasteiger partial charge is 0.322 e. The summed E-state index contributed by atoms with van der Waals surface area (Å²) in [6.07, 6.45) is 2.64. The van der Waals surface area contributed by atoms with E-state index in [-0.39, 0.29) is 17.4 Å². The number of pyridine rings is 2. The number of hydrogen-bond acceptors (Lipinski definition) is 5. The van der Waals surface area contributed by atoms with Crippen molar-refractivity contribution < 1.29 is 13.0 Å². The lowest BCUT2D eigenvalue weighted by atomic mass is 10.3. The molecule has 0 aliphatic heterocycles. The van der Waals surface area contributed by atoms with E-state index in [4.69, 9.17) is 4.78 Å². The van der Waals surface area contributed by atoms with Crippen molar-refractivity contribution in [3.63, 3.8) is 0 Å². The maximum absolute atomic E-state index is 13.4. The Morgan fingerprint density at radius 1 is 1.40 bits per heavy atom. The second kappa shape index (κ2) is 5.49. The van der Waals surface area contributed by atoms with Gasteiger partial charge in [-0.25, -0.2) is 18.6 Å². The molecule has 2 aromatic rings. The molecule has 106 valence electrons. The molecule has 5 nitrogen and oxygen atoms in total. The quantitative estimate of drug-likeness (QED) is 0.851. The smallest absolute Gasteiger partial charge is 0.215 e. The van der Waals surface area contributed by atoms with Gasteiger partial charge in [-0.15, -0.1) is 0 Å². The summed E-state index contributed by atoms with van der Waals surface area (Å²) in [4.78, 5) is 7.33. The molecule has 0 bridgehead atoms. The number of hydrogen-bond donors (Lipinski definition) is 2. The topological polar surface area (TPSA) is 78.7 Å². The molecule has 2 N–H and O–H groups in total. The third-order valence-corrected chi connectivity index (χ3v) is 3.19. The van der Waals surface area contributed by atoms with E-state index in [0.717, 1.165) is 6.07 Å². The van der Waals surface area contributed by atoms with Gasteiger partial charge >= 0.3 is 0 Å². The fourth-order valence-electron chi connectivity index (χ4n) is 1.61. The fourth-order valence-corrected chi connectivity index (χ4v) is 2.42. The van der Waals surface area contributed by atoms with Crippen molar-refractivity contribution in [1.82, 2.24) is 9.97 Å². The second-order valence-electron chi connectivity index (χ2n) is 4.29. The molecular weight excluding hydrogens is 286 g/mol. The monoisotopic (exact) mass is 298 g/mol. The van der Waals surface area contributed by atoms with Gasteiger partial charge in [-0.05, 0) is 29.8 Å². The molecule has 2 rings (SSSR count). The van der Waals surface area contributed by atoms with Crippen LogP contribution in [0.3, 0.4) is 0 Å². The van der Waals surface area contributed by atoms with E-state index in [9.17, 15) is 13.0 Å². The third kappa shape index (κ3) is 3.95. The first kappa shape index (κ1) is 14.3. The first-order chi connectivity index (χ1) is 9.33. The Hall–Kier alpha value is -2.09. The lowest BCUT2D eigenvalue weighted by molar-refractivity contribution is 0.583. The van der Waals surface area contributed by atoms with E-state index < -0.39 is 21.5 Å². The van der Waals surface area contributed by atoms with Crippen molar-refractivity contribution >= 4 is 21.4 Å². The molecule has 2 aromatic heterocycles. The van der Waals surface area contributed by atoms with E-state index in [1.165, 1.54) is 30.7 Å². The molecule has 1 atom stereocenters. The highest BCUT2D eigenvalue weighted by atomic mass is 32.2. The van der Waals surface area contributed by atoms with Crippen LogP contribution in [0.1, 0.15) is 5.56 Å². The zero-order valence-electron chi connectivity index (χ0n) is 10.6. The van der Waals surface area contributed by atoms with Gasteiger partial charge in [0, 0.05) is 22.2 Å². The highest BCUT2D eigenvalue weighted by Crippen LogP contribution is 2.18. The number of rotatable bonds is 4. The summed E-state index contributed by atoms with van der Waals surface area (Å²) in [6, 6.07) is 5.14. The van der Waals surface area contributed by atoms with Crippen LogP contribution in [0.5, 0.6) is 0 Å².